The Hall–Kier alpha value is -3.01. The van der Waals surface area contributed by atoms with Crippen LogP contribution in [0, 0.1) is 15.9 Å². The number of amides is 1. The number of anilines is 1. The van der Waals surface area contributed by atoms with E-state index in [-0.39, 0.29) is 11.6 Å². The fraction of sp³-hybridized carbons (Fsp3) is 0. The Bertz CT molecular complexity index is 1220. The number of rotatable bonds is 4. The van der Waals surface area contributed by atoms with Gasteiger partial charge in [0.05, 0.1) is 20.5 Å². The number of benzene rings is 2. The SMILES string of the molecule is O=C1/C(=C\c2ccc(-c3cc([N+](=O)[O-])ccc3Cl)o2)SC(=S)N1c1ccc(F)cc1. The molecule has 150 valence electrons. The van der Waals surface area contributed by atoms with Crippen molar-refractivity contribution in [1.29, 1.82) is 0 Å². The number of nitro groups is 1. The van der Waals surface area contributed by atoms with E-state index in [4.69, 9.17) is 28.2 Å². The summed E-state index contributed by atoms with van der Waals surface area (Å²) in [5.74, 6) is -0.0956. The summed E-state index contributed by atoms with van der Waals surface area (Å²) < 4.78 is 19.2. The number of nitrogens with zero attached hydrogens (tertiary/aromatic N) is 2. The molecule has 2 aromatic carbocycles. The summed E-state index contributed by atoms with van der Waals surface area (Å²) in [6, 6.07) is 12.7. The van der Waals surface area contributed by atoms with E-state index in [1.807, 2.05) is 0 Å². The summed E-state index contributed by atoms with van der Waals surface area (Å²) in [5, 5.41) is 11.3. The molecule has 0 spiro atoms. The second kappa shape index (κ2) is 8.02. The van der Waals surface area contributed by atoms with E-state index in [9.17, 15) is 19.3 Å². The lowest BCUT2D eigenvalue weighted by Crippen LogP contribution is -2.27. The topological polar surface area (TPSA) is 76.6 Å². The standard InChI is InChI=1S/C20H10ClFN2O4S2/c21-16-7-5-13(24(26)27)9-15(16)17-8-6-14(28-17)10-18-19(25)23(20(29)30-18)12-3-1-11(22)2-4-12/h1-10H/b18-10+. The Morgan fingerprint density at radius 2 is 1.90 bits per heavy atom. The fourth-order valence-corrected chi connectivity index (χ4v) is 4.29. The second-order valence-corrected chi connectivity index (χ2v) is 8.20. The van der Waals surface area contributed by atoms with Crippen molar-refractivity contribution >= 4 is 63.3 Å². The first-order valence-corrected chi connectivity index (χ1v) is 10.0. The number of hydrogen-bond acceptors (Lipinski definition) is 6. The molecule has 0 N–H and O–H groups in total. The highest BCUT2D eigenvalue weighted by molar-refractivity contribution is 8.27. The van der Waals surface area contributed by atoms with Gasteiger partial charge in [0.15, 0.2) is 4.32 Å². The molecule has 0 aliphatic carbocycles. The molecule has 0 unspecified atom stereocenters. The van der Waals surface area contributed by atoms with E-state index >= 15 is 0 Å². The Balaban J connectivity index is 1.63. The summed E-state index contributed by atoms with van der Waals surface area (Å²) in [6.45, 7) is 0. The molecular formula is C20H10ClFN2O4S2. The summed E-state index contributed by atoms with van der Waals surface area (Å²) >= 11 is 12.5. The minimum absolute atomic E-state index is 0.118. The molecule has 1 fully saturated rings. The van der Waals surface area contributed by atoms with Gasteiger partial charge in [0, 0.05) is 23.8 Å². The van der Waals surface area contributed by atoms with Gasteiger partial charge in [-0.3, -0.25) is 19.8 Å². The molecule has 10 heteroatoms. The molecule has 30 heavy (non-hydrogen) atoms. The van der Waals surface area contributed by atoms with Crippen LogP contribution in [0.3, 0.4) is 0 Å². The highest BCUT2D eigenvalue weighted by Crippen LogP contribution is 2.37. The Labute approximate surface area is 184 Å². The molecule has 1 aliphatic rings. The van der Waals surface area contributed by atoms with Crippen molar-refractivity contribution in [3.8, 4) is 11.3 Å². The van der Waals surface area contributed by atoms with Gasteiger partial charge < -0.3 is 4.42 Å². The molecule has 4 rings (SSSR count). The number of non-ortho nitro benzene ring substituents is 1. The van der Waals surface area contributed by atoms with Crippen molar-refractivity contribution in [3.63, 3.8) is 0 Å². The van der Waals surface area contributed by atoms with Crippen molar-refractivity contribution in [2.75, 3.05) is 4.90 Å². The van der Waals surface area contributed by atoms with Crippen LogP contribution in [0.25, 0.3) is 17.4 Å². The smallest absolute Gasteiger partial charge is 0.270 e. The van der Waals surface area contributed by atoms with Gasteiger partial charge in [-0.2, -0.15) is 0 Å². The van der Waals surface area contributed by atoms with Gasteiger partial charge in [-0.15, -0.1) is 0 Å². The molecule has 1 amide bonds. The van der Waals surface area contributed by atoms with Crippen molar-refractivity contribution in [1.82, 2.24) is 0 Å². The van der Waals surface area contributed by atoms with Crippen LogP contribution in [0.5, 0.6) is 0 Å². The lowest BCUT2D eigenvalue weighted by molar-refractivity contribution is -0.384. The number of furan rings is 1. The van der Waals surface area contributed by atoms with E-state index in [0.29, 0.717) is 37.0 Å². The van der Waals surface area contributed by atoms with Gasteiger partial charge in [0.1, 0.15) is 17.3 Å². The predicted molar refractivity (Wildman–Crippen MR) is 118 cm³/mol. The number of nitro benzene ring substituents is 1. The van der Waals surface area contributed by atoms with Crippen LogP contribution in [0.2, 0.25) is 5.02 Å². The number of thioether (sulfide) groups is 1. The third-order valence-electron chi connectivity index (χ3n) is 4.20. The van der Waals surface area contributed by atoms with Crippen LogP contribution in [0.4, 0.5) is 15.8 Å². The van der Waals surface area contributed by atoms with E-state index < -0.39 is 10.7 Å². The first kappa shape index (κ1) is 20.3. The summed E-state index contributed by atoms with van der Waals surface area (Å²) in [6.07, 6.45) is 1.53. The number of carbonyl (C=O) groups excluding carboxylic acids is 1. The van der Waals surface area contributed by atoms with Gasteiger partial charge in [0.2, 0.25) is 0 Å². The average Bonchev–Trinajstić information content (AvgIpc) is 3.27. The summed E-state index contributed by atoms with van der Waals surface area (Å²) in [5.41, 5.74) is 0.711. The average molecular weight is 461 g/mol. The third-order valence-corrected chi connectivity index (χ3v) is 5.84. The van der Waals surface area contributed by atoms with E-state index in [2.05, 4.69) is 0 Å². The van der Waals surface area contributed by atoms with Crippen molar-refractivity contribution in [2.24, 2.45) is 0 Å². The van der Waals surface area contributed by atoms with Gasteiger partial charge >= 0.3 is 0 Å². The van der Waals surface area contributed by atoms with Crippen LogP contribution in [0.1, 0.15) is 5.76 Å². The maximum absolute atomic E-state index is 13.2. The normalized spacial score (nSPS) is 15.3. The lowest BCUT2D eigenvalue weighted by Gasteiger charge is -2.14. The molecule has 0 atom stereocenters. The van der Waals surface area contributed by atoms with Gasteiger partial charge in [0.25, 0.3) is 11.6 Å². The molecule has 6 nitrogen and oxygen atoms in total. The summed E-state index contributed by atoms with van der Waals surface area (Å²) in [7, 11) is 0. The highest BCUT2D eigenvalue weighted by atomic mass is 35.5. The Morgan fingerprint density at radius 3 is 2.60 bits per heavy atom. The number of hydrogen-bond donors (Lipinski definition) is 0. The van der Waals surface area contributed by atoms with Gasteiger partial charge in [-0.25, -0.2) is 4.39 Å². The zero-order valence-electron chi connectivity index (χ0n) is 14.9. The fourth-order valence-electron chi connectivity index (χ4n) is 2.80. The molecular weight excluding hydrogens is 451 g/mol. The van der Waals surface area contributed by atoms with Gasteiger partial charge in [-0.1, -0.05) is 35.6 Å². The first-order chi connectivity index (χ1) is 14.3. The second-order valence-electron chi connectivity index (χ2n) is 6.12. The minimum atomic E-state index is -0.523. The Kier molecular flexibility index (Phi) is 5.42. The van der Waals surface area contributed by atoms with E-state index in [1.54, 1.807) is 12.1 Å². The molecule has 0 bridgehead atoms. The maximum Gasteiger partial charge on any atom is 0.270 e. The van der Waals surface area contributed by atoms with Gasteiger partial charge in [-0.05, 0) is 42.5 Å². The molecule has 1 aliphatic heterocycles. The van der Waals surface area contributed by atoms with Crippen LogP contribution < -0.4 is 4.90 Å². The molecule has 0 radical (unpaired) electrons. The van der Waals surface area contributed by atoms with Crippen molar-refractivity contribution in [3.05, 3.63) is 86.2 Å². The monoisotopic (exact) mass is 460 g/mol. The number of thiocarbonyl (C=S) groups is 1. The summed E-state index contributed by atoms with van der Waals surface area (Å²) in [4.78, 5) is 24.9. The Morgan fingerprint density at radius 1 is 1.17 bits per heavy atom. The predicted octanol–water partition coefficient (Wildman–Crippen LogP) is 6.05. The van der Waals surface area contributed by atoms with Crippen LogP contribution in [-0.2, 0) is 4.79 Å². The molecule has 2 heterocycles. The zero-order chi connectivity index (χ0) is 21.4. The molecule has 1 aromatic heterocycles. The van der Waals surface area contributed by atoms with Crippen LogP contribution in [-0.4, -0.2) is 15.2 Å². The quantitative estimate of drug-likeness (QED) is 0.204. The molecule has 3 aromatic rings. The molecule has 1 saturated heterocycles. The highest BCUT2D eigenvalue weighted by Gasteiger charge is 2.33. The number of carbonyl (C=O) groups is 1. The van der Waals surface area contributed by atoms with Crippen molar-refractivity contribution in [2.45, 2.75) is 0 Å². The van der Waals surface area contributed by atoms with Crippen LogP contribution in [0.15, 0.2) is 63.9 Å². The van der Waals surface area contributed by atoms with E-state index in [0.717, 1.165) is 11.8 Å². The zero-order valence-corrected chi connectivity index (χ0v) is 17.3. The number of halogens is 2. The maximum atomic E-state index is 13.2. The van der Waals surface area contributed by atoms with Crippen LogP contribution >= 0.6 is 35.6 Å². The lowest BCUT2D eigenvalue weighted by atomic mass is 10.1. The van der Waals surface area contributed by atoms with Crippen molar-refractivity contribution < 1.29 is 18.5 Å². The molecule has 0 saturated carbocycles. The largest absolute Gasteiger partial charge is 0.457 e. The minimum Gasteiger partial charge on any atom is -0.457 e. The third kappa shape index (κ3) is 3.87. The first-order valence-electron chi connectivity index (χ1n) is 8.41. The van der Waals surface area contributed by atoms with E-state index in [1.165, 1.54) is 53.4 Å².